The lowest BCUT2D eigenvalue weighted by molar-refractivity contribution is 0.619. The molecule has 7 heteroatoms. The fraction of sp³-hybridized carbons (Fsp3) is 0. The van der Waals surface area contributed by atoms with Crippen LogP contribution in [0.15, 0.2) is 173 Å². The summed E-state index contributed by atoms with van der Waals surface area (Å²) in [5.74, 6) is 1.13. The summed E-state index contributed by atoms with van der Waals surface area (Å²) in [6.45, 7) is 0. The normalized spacial score (nSPS) is 11.8. The maximum absolute atomic E-state index is 9.22. The van der Waals surface area contributed by atoms with Gasteiger partial charge in [-0.3, -0.25) is 9.97 Å². The Hall–Kier alpha value is -7.12. The summed E-state index contributed by atoms with van der Waals surface area (Å²) >= 11 is 0. The minimum atomic E-state index is 0.422. The summed E-state index contributed by atoms with van der Waals surface area (Å²) < 4.78 is 21.3. The predicted molar refractivity (Wildman–Crippen MR) is 203 cm³/mol. The number of benzene rings is 7. The van der Waals surface area contributed by atoms with Crippen LogP contribution in [-0.2, 0) is 0 Å². The van der Waals surface area contributed by atoms with Gasteiger partial charge in [-0.1, -0.05) is 48.5 Å². The second kappa shape index (κ2) is 11.8. The van der Waals surface area contributed by atoms with Crippen LogP contribution in [0.25, 0.3) is 78.0 Å². The Bertz CT molecular complexity index is 2750. The first-order valence-electron chi connectivity index (χ1n) is 17.1. The summed E-state index contributed by atoms with van der Waals surface area (Å²) in [4.78, 5) is 20.4. The second-order valence-electron chi connectivity index (χ2n) is 12.3. The van der Waals surface area contributed by atoms with Crippen molar-refractivity contribution < 1.29 is 10.2 Å². The zero-order valence-corrected chi connectivity index (χ0v) is 27.1. The highest BCUT2D eigenvalue weighted by Gasteiger charge is 2.17. The van der Waals surface area contributed by atoms with Gasteiger partial charge in [0.15, 0.2) is 11.2 Å². The highest BCUT2D eigenvalue weighted by Crippen LogP contribution is 2.39. The summed E-state index contributed by atoms with van der Waals surface area (Å²) in [5.41, 5.74) is 11.3. The molecule has 0 aliphatic rings. The zero-order chi connectivity index (χ0) is 34.6. The molecule has 0 atom stereocenters. The van der Waals surface area contributed by atoms with Crippen LogP contribution in [0.3, 0.4) is 0 Å². The molecule has 0 N–H and O–H groups in total. The predicted octanol–water partition coefficient (Wildman–Crippen LogP) is 11.5. The van der Waals surface area contributed by atoms with Crippen LogP contribution < -0.4 is 4.90 Å². The lowest BCUT2D eigenvalue weighted by atomic mass is 10.00. The average Bonchev–Trinajstić information content (AvgIpc) is 3.84. The smallest absolute Gasteiger partial charge is 0.227 e. The Balaban J connectivity index is 1.06. The number of fused-ring (bicyclic) bond motifs is 4. The molecule has 3 aromatic heterocycles. The van der Waals surface area contributed by atoms with Gasteiger partial charge in [-0.2, -0.15) is 0 Å². The first-order chi connectivity index (χ1) is 25.6. The molecule has 0 amide bonds. The topological polar surface area (TPSA) is 81.1 Å². The van der Waals surface area contributed by atoms with Crippen molar-refractivity contribution >= 4 is 61.1 Å². The van der Waals surface area contributed by atoms with Crippen LogP contribution in [-0.4, -0.2) is 19.9 Å². The molecule has 10 rings (SSSR count). The van der Waals surface area contributed by atoms with Gasteiger partial charge in [0, 0.05) is 40.6 Å². The molecule has 7 aromatic carbocycles. The van der Waals surface area contributed by atoms with E-state index < -0.39 is 0 Å². The van der Waals surface area contributed by atoms with Gasteiger partial charge in [-0.15, -0.1) is 0 Å². The molecule has 51 heavy (non-hydrogen) atoms. The molecule has 0 radical (unpaired) electrons. The fourth-order valence-corrected chi connectivity index (χ4v) is 6.56. The molecule has 10 aromatic rings. The van der Waals surface area contributed by atoms with Crippen molar-refractivity contribution in [3.8, 4) is 34.0 Å². The maximum atomic E-state index is 9.22. The summed E-state index contributed by atoms with van der Waals surface area (Å²) in [7, 11) is 0. The molecule has 240 valence electrons. The molecule has 0 fully saturated rings. The molecular weight excluding hydrogens is 631 g/mol. The molecule has 0 bridgehead atoms. The van der Waals surface area contributed by atoms with E-state index in [1.54, 1.807) is 12.4 Å². The Morgan fingerprint density at radius 3 is 1.61 bits per heavy atom. The van der Waals surface area contributed by atoms with Crippen molar-refractivity contribution in [2.45, 2.75) is 0 Å². The largest absolute Gasteiger partial charge is 0.436 e. The van der Waals surface area contributed by atoms with E-state index in [9.17, 15) is 1.37 Å². The van der Waals surface area contributed by atoms with Crippen LogP contribution in [0.4, 0.5) is 17.1 Å². The first-order valence-corrected chi connectivity index (χ1v) is 16.6. The third kappa shape index (κ3) is 5.25. The molecule has 0 unspecified atom stereocenters. The number of para-hydroxylation sites is 4. The number of aromatic nitrogens is 4. The monoisotopic (exact) mass is 658 g/mol. The average molecular weight is 659 g/mol. The molecule has 0 spiro atoms. The lowest BCUT2D eigenvalue weighted by Gasteiger charge is -2.26. The minimum Gasteiger partial charge on any atom is -0.436 e. The quantitative estimate of drug-likeness (QED) is 0.176. The van der Waals surface area contributed by atoms with Crippen molar-refractivity contribution in [3.63, 3.8) is 0 Å². The zero-order valence-electron chi connectivity index (χ0n) is 28.1. The van der Waals surface area contributed by atoms with Crippen molar-refractivity contribution in [1.29, 1.82) is 0 Å². The fourth-order valence-electron chi connectivity index (χ4n) is 6.56. The SMILES string of the molecule is [2H]c1cc(N(c2ccc(-c3nc4ccccc4o3)cc2)c2ccc(-c3nc4ccccc4o3)cc2)cc2ccc(-c3ccc4nccnc4c3)cc12. The van der Waals surface area contributed by atoms with Gasteiger partial charge in [0.25, 0.3) is 0 Å². The van der Waals surface area contributed by atoms with E-state index in [1.807, 2.05) is 97.1 Å². The summed E-state index contributed by atoms with van der Waals surface area (Å²) in [6, 6.07) is 48.6. The third-order valence-electron chi connectivity index (χ3n) is 9.13. The molecular formula is C44H27N5O2. The molecule has 3 heterocycles. The van der Waals surface area contributed by atoms with Gasteiger partial charge in [0.05, 0.1) is 12.4 Å². The van der Waals surface area contributed by atoms with E-state index >= 15 is 0 Å². The molecule has 0 aliphatic carbocycles. The highest BCUT2D eigenvalue weighted by atomic mass is 16.4. The van der Waals surface area contributed by atoms with Crippen LogP contribution in [0.2, 0.25) is 0 Å². The lowest BCUT2D eigenvalue weighted by Crippen LogP contribution is -2.09. The van der Waals surface area contributed by atoms with E-state index in [0.29, 0.717) is 17.8 Å². The van der Waals surface area contributed by atoms with E-state index in [-0.39, 0.29) is 0 Å². The Labute approximate surface area is 293 Å². The Morgan fingerprint density at radius 1 is 0.431 bits per heavy atom. The number of hydrogen-bond donors (Lipinski definition) is 0. The maximum Gasteiger partial charge on any atom is 0.227 e. The number of hydrogen-bond acceptors (Lipinski definition) is 7. The van der Waals surface area contributed by atoms with Gasteiger partial charge in [-0.05, 0) is 125 Å². The van der Waals surface area contributed by atoms with Gasteiger partial charge in [-0.25, -0.2) is 9.97 Å². The van der Waals surface area contributed by atoms with Crippen molar-refractivity contribution in [1.82, 2.24) is 19.9 Å². The Kier molecular flexibility index (Phi) is 6.42. The molecule has 7 nitrogen and oxygen atoms in total. The van der Waals surface area contributed by atoms with E-state index in [1.165, 1.54) is 0 Å². The van der Waals surface area contributed by atoms with Gasteiger partial charge in [0.1, 0.15) is 11.0 Å². The van der Waals surface area contributed by atoms with Crippen molar-refractivity contribution in [3.05, 3.63) is 164 Å². The van der Waals surface area contributed by atoms with Gasteiger partial charge in [0.2, 0.25) is 11.8 Å². The van der Waals surface area contributed by atoms with E-state index in [4.69, 9.17) is 18.8 Å². The van der Waals surface area contributed by atoms with Gasteiger partial charge < -0.3 is 13.7 Å². The second-order valence-corrected chi connectivity index (χ2v) is 12.3. The van der Waals surface area contributed by atoms with Crippen LogP contribution >= 0.6 is 0 Å². The van der Waals surface area contributed by atoms with E-state index in [2.05, 4.69) is 63.4 Å². The molecule has 0 saturated heterocycles. The highest BCUT2D eigenvalue weighted by molar-refractivity contribution is 5.93. The van der Waals surface area contributed by atoms with Gasteiger partial charge >= 0.3 is 0 Å². The number of oxazole rings is 2. The molecule has 0 saturated carbocycles. The Morgan fingerprint density at radius 2 is 0.980 bits per heavy atom. The van der Waals surface area contributed by atoms with Crippen LogP contribution in [0.5, 0.6) is 0 Å². The molecule has 0 aliphatic heterocycles. The van der Waals surface area contributed by atoms with Crippen molar-refractivity contribution in [2.75, 3.05) is 4.90 Å². The number of anilines is 3. The number of nitrogens with zero attached hydrogens (tertiary/aromatic N) is 5. The third-order valence-corrected chi connectivity index (χ3v) is 9.13. The van der Waals surface area contributed by atoms with Crippen LogP contribution in [0, 0.1) is 0 Å². The minimum absolute atomic E-state index is 0.422. The van der Waals surface area contributed by atoms with E-state index in [0.717, 1.165) is 83.3 Å². The standard InChI is InChI=1S/C44H27N5O2/c1-3-7-41-38(5-1)47-43(50-41)28-11-17-34(18-12-28)49(35-19-13-29(14-20-35)44-48-39-6-2-4-8-42(39)51-44)36-21-15-31-25-30(9-10-32(31)26-36)33-16-22-37-40(27-33)46-24-23-45-37/h1-27H/i15D. The summed E-state index contributed by atoms with van der Waals surface area (Å²) in [6.07, 6.45) is 3.40. The summed E-state index contributed by atoms with van der Waals surface area (Å²) in [5, 5.41) is 1.82. The first kappa shape index (κ1) is 27.8. The van der Waals surface area contributed by atoms with Crippen molar-refractivity contribution in [2.24, 2.45) is 0 Å². The van der Waals surface area contributed by atoms with Crippen LogP contribution in [0.1, 0.15) is 1.37 Å². The number of rotatable bonds is 6.